The SMILES string of the molecule is CCOc1ccc(C(=O)N2CCCCC2C(=O)O)cc1. The number of rotatable bonds is 4. The summed E-state index contributed by atoms with van der Waals surface area (Å²) in [5.41, 5.74) is 0.501. The summed E-state index contributed by atoms with van der Waals surface area (Å²) in [5.74, 6) is -0.443. The number of benzene rings is 1. The number of carbonyl (C=O) groups is 2. The predicted octanol–water partition coefficient (Wildman–Crippen LogP) is 2.16. The molecule has 1 unspecified atom stereocenters. The van der Waals surface area contributed by atoms with Crippen molar-refractivity contribution in [3.8, 4) is 5.75 Å². The van der Waals surface area contributed by atoms with Gasteiger partial charge in [0.2, 0.25) is 0 Å². The van der Waals surface area contributed by atoms with E-state index in [-0.39, 0.29) is 5.91 Å². The van der Waals surface area contributed by atoms with Crippen LogP contribution in [0.3, 0.4) is 0 Å². The number of amides is 1. The number of likely N-dealkylation sites (tertiary alicyclic amines) is 1. The molecule has 1 aromatic rings. The molecule has 20 heavy (non-hydrogen) atoms. The number of ether oxygens (including phenoxy) is 1. The first-order valence-electron chi connectivity index (χ1n) is 6.90. The lowest BCUT2D eigenvalue weighted by molar-refractivity contribution is -0.143. The Bertz CT molecular complexity index is 483. The van der Waals surface area contributed by atoms with Crippen LogP contribution >= 0.6 is 0 Å². The van der Waals surface area contributed by atoms with Gasteiger partial charge >= 0.3 is 5.97 Å². The molecular weight excluding hydrogens is 258 g/mol. The van der Waals surface area contributed by atoms with Crippen molar-refractivity contribution in [2.24, 2.45) is 0 Å². The van der Waals surface area contributed by atoms with Crippen LogP contribution in [-0.2, 0) is 4.79 Å². The van der Waals surface area contributed by atoms with Crippen LogP contribution < -0.4 is 4.74 Å². The summed E-state index contributed by atoms with van der Waals surface area (Å²) in [7, 11) is 0. The Kier molecular flexibility index (Phi) is 4.61. The number of hydrogen-bond acceptors (Lipinski definition) is 3. The molecule has 1 atom stereocenters. The summed E-state index contributed by atoms with van der Waals surface area (Å²) < 4.78 is 5.33. The van der Waals surface area contributed by atoms with Crippen LogP contribution in [0.1, 0.15) is 36.5 Å². The van der Waals surface area contributed by atoms with E-state index in [0.717, 1.165) is 12.8 Å². The van der Waals surface area contributed by atoms with Gasteiger partial charge in [0.1, 0.15) is 11.8 Å². The summed E-state index contributed by atoms with van der Waals surface area (Å²) >= 11 is 0. The summed E-state index contributed by atoms with van der Waals surface area (Å²) in [4.78, 5) is 25.1. The lowest BCUT2D eigenvalue weighted by Gasteiger charge is -2.33. The Hall–Kier alpha value is -2.04. The molecule has 1 aliphatic rings. The van der Waals surface area contributed by atoms with Gasteiger partial charge in [0, 0.05) is 12.1 Å². The van der Waals surface area contributed by atoms with Crippen LogP contribution in [0.15, 0.2) is 24.3 Å². The van der Waals surface area contributed by atoms with Gasteiger partial charge in [-0.1, -0.05) is 0 Å². The maximum absolute atomic E-state index is 12.4. The molecule has 1 fully saturated rings. The molecule has 1 saturated heterocycles. The van der Waals surface area contributed by atoms with Crippen molar-refractivity contribution >= 4 is 11.9 Å². The van der Waals surface area contributed by atoms with E-state index in [0.29, 0.717) is 30.9 Å². The molecule has 2 rings (SSSR count). The fourth-order valence-corrected chi connectivity index (χ4v) is 2.46. The third-order valence-corrected chi connectivity index (χ3v) is 3.46. The van der Waals surface area contributed by atoms with Crippen LogP contribution in [0.4, 0.5) is 0 Å². The highest BCUT2D eigenvalue weighted by atomic mass is 16.5. The molecule has 1 heterocycles. The third kappa shape index (κ3) is 3.10. The van der Waals surface area contributed by atoms with Crippen molar-refractivity contribution < 1.29 is 19.4 Å². The number of aliphatic carboxylic acids is 1. The lowest BCUT2D eigenvalue weighted by Crippen LogP contribution is -2.47. The van der Waals surface area contributed by atoms with E-state index in [1.165, 1.54) is 4.90 Å². The summed E-state index contributed by atoms with van der Waals surface area (Å²) in [5, 5.41) is 9.20. The van der Waals surface area contributed by atoms with Crippen molar-refractivity contribution in [2.45, 2.75) is 32.2 Å². The van der Waals surface area contributed by atoms with Gasteiger partial charge in [-0.05, 0) is 50.5 Å². The molecule has 1 amide bonds. The summed E-state index contributed by atoms with van der Waals surface area (Å²) in [6, 6.07) is 6.12. The standard InChI is InChI=1S/C15H19NO4/c1-2-20-12-8-6-11(7-9-12)14(17)16-10-4-3-5-13(16)15(18)19/h6-9,13H,2-5,10H2,1H3,(H,18,19). The lowest BCUT2D eigenvalue weighted by atomic mass is 10.0. The summed E-state index contributed by atoms with van der Waals surface area (Å²) in [6.07, 6.45) is 2.23. The quantitative estimate of drug-likeness (QED) is 0.916. The van der Waals surface area contributed by atoms with E-state index in [1.807, 2.05) is 6.92 Å². The van der Waals surface area contributed by atoms with E-state index in [9.17, 15) is 14.7 Å². The van der Waals surface area contributed by atoms with Crippen LogP contribution in [0.2, 0.25) is 0 Å². The molecule has 108 valence electrons. The smallest absolute Gasteiger partial charge is 0.326 e. The van der Waals surface area contributed by atoms with Gasteiger partial charge in [-0.25, -0.2) is 4.79 Å². The number of carboxylic acids is 1. The molecule has 0 spiro atoms. The van der Waals surface area contributed by atoms with Gasteiger partial charge in [-0.3, -0.25) is 4.79 Å². The fourth-order valence-electron chi connectivity index (χ4n) is 2.46. The maximum atomic E-state index is 12.4. The molecular formula is C15H19NO4. The topological polar surface area (TPSA) is 66.8 Å². The minimum atomic E-state index is -0.927. The first-order valence-corrected chi connectivity index (χ1v) is 6.90. The number of carbonyl (C=O) groups excluding carboxylic acids is 1. The third-order valence-electron chi connectivity index (χ3n) is 3.46. The second kappa shape index (κ2) is 6.41. The molecule has 1 N–H and O–H groups in total. The highest BCUT2D eigenvalue weighted by Gasteiger charge is 2.32. The zero-order chi connectivity index (χ0) is 14.5. The Morgan fingerprint density at radius 1 is 1.30 bits per heavy atom. The predicted molar refractivity (Wildman–Crippen MR) is 73.9 cm³/mol. The maximum Gasteiger partial charge on any atom is 0.326 e. The molecule has 5 heteroatoms. The molecule has 0 aliphatic carbocycles. The highest BCUT2D eigenvalue weighted by molar-refractivity contribution is 5.96. The van der Waals surface area contributed by atoms with Crippen LogP contribution in [0.25, 0.3) is 0 Å². The minimum absolute atomic E-state index is 0.222. The number of carboxylic acid groups (broad SMARTS) is 1. The molecule has 5 nitrogen and oxygen atoms in total. The van der Waals surface area contributed by atoms with Gasteiger partial charge in [0.25, 0.3) is 5.91 Å². The number of piperidine rings is 1. The van der Waals surface area contributed by atoms with Crippen LogP contribution in [0.5, 0.6) is 5.75 Å². The van der Waals surface area contributed by atoms with Gasteiger partial charge < -0.3 is 14.7 Å². The van der Waals surface area contributed by atoms with Gasteiger partial charge in [0.05, 0.1) is 6.61 Å². The average Bonchev–Trinajstić information content (AvgIpc) is 2.47. The normalized spacial score (nSPS) is 18.6. The monoisotopic (exact) mass is 277 g/mol. The van der Waals surface area contributed by atoms with Gasteiger partial charge in [0.15, 0.2) is 0 Å². The Labute approximate surface area is 118 Å². The van der Waals surface area contributed by atoms with E-state index in [1.54, 1.807) is 24.3 Å². The average molecular weight is 277 g/mol. The fraction of sp³-hybridized carbons (Fsp3) is 0.467. The first kappa shape index (κ1) is 14.4. The molecule has 1 aromatic carbocycles. The van der Waals surface area contributed by atoms with Crippen molar-refractivity contribution in [2.75, 3.05) is 13.2 Å². The van der Waals surface area contributed by atoms with Crippen molar-refractivity contribution in [1.82, 2.24) is 4.90 Å². The molecule has 0 aromatic heterocycles. The van der Waals surface area contributed by atoms with Gasteiger partial charge in [-0.2, -0.15) is 0 Å². The number of nitrogens with zero attached hydrogens (tertiary/aromatic N) is 1. The van der Waals surface area contributed by atoms with Crippen LogP contribution in [-0.4, -0.2) is 41.1 Å². The molecule has 1 aliphatic heterocycles. The molecule has 0 bridgehead atoms. The van der Waals surface area contributed by atoms with E-state index < -0.39 is 12.0 Å². The zero-order valence-electron chi connectivity index (χ0n) is 11.5. The molecule has 0 saturated carbocycles. The van der Waals surface area contributed by atoms with Crippen molar-refractivity contribution in [3.63, 3.8) is 0 Å². The van der Waals surface area contributed by atoms with E-state index in [2.05, 4.69) is 0 Å². The minimum Gasteiger partial charge on any atom is -0.494 e. The molecule has 0 radical (unpaired) electrons. The van der Waals surface area contributed by atoms with E-state index >= 15 is 0 Å². The second-order valence-electron chi connectivity index (χ2n) is 4.81. The summed E-state index contributed by atoms with van der Waals surface area (Å²) in [6.45, 7) is 2.97. The second-order valence-corrected chi connectivity index (χ2v) is 4.81. The number of hydrogen-bond donors (Lipinski definition) is 1. The highest BCUT2D eigenvalue weighted by Crippen LogP contribution is 2.21. The van der Waals surface area contributed by atoms with E-state index in [4.69, 9.17) is 4.74 Å². The first-order chi connectivity index (χ1) is 9.63. The zero-order valence-corrected chi connectivity index (χ0v) is 11.5. The Morgan fingerprint density at radius 2 is 2.00 bits per heavy atom. The van der Waals surface area contributed by atoms with Gasteiger partial charge in [-0.15, -0.1) is 0 Å². The van der Waals surface area contributed by atoms with Crippen molar-refractivity contribution in [1.29, 1.82) is 0 Å². The van der Waals surface area contributed by atoms with Crippen LogP contribution in [0, 0.1) is 0 Å². The van der Waals surface area contributed by atoms with Crippen molar-refractivity contribution in [3.05, 3.63) is 29.8 Å². The Morgan fingerprint density at radius 3 is 2.60 bits per heavy atom. The Balaban J connectivity index is 2.14. The largest absolute Gasteiger partial charge is 0.494 e.